The number of pyridine rings is 1. The number of hydrogen-bond acceptors (Lipinski definition) is 2. The van der Waals surface area contributed by atoms with Gasteiger partial charge in [0.1, 0.15) is 0 Å². The maximum absolute atomic E-state index is 13.7. The Kier molecular flexibility index (Phi) is 3.69. The van der Waals surface area contributed by atoms with Crippen molar-refractivity contribution in [3.63, 3.8) is 0 Å². The van der Waals surface area contributed by atoms with E-state index in [2.05, 4.69) is 4.98 Å². The summed E-state index contributed by atoms with van der Waals surface area (Å²) in [4.78, 5) is 17.9. The van der Waals surface area contributed by atoms with Crippen LogP contribution in [0, 0.1) is 12.9 Å². The van der Waals surface area contributed by atoms with Crippen LogP contribution in [0.2, 0.25) is 0 Å². The van der Waals surface area contributed by atoms with E-state index in [4.69, 9.17) is 0 Å². The Morgan fingerprint density at radius 2 is 2.10 bits per heavy atom. The monoisotopic (exact) mass is 284 g/mol. The zero-order valence-electron chi connectivity index (χ0n) is 11.9. The standard InChI is InChI=1S/C17H17FN2O/c1-12-6-2-3-7-13(12)15-9-5-11-20(15)17(21)14-8-4-10-19-16(14)18/h2-4,6-8,10,15H,5,9,11H2,1H3. The van der Waals surface area contributed by atoms with Crippen molar-refractivity contribution in [3.05, 3.63) is 65.2 Å². The summed E-state index contributed by atoms with van der Waals surface area (Å²) < 4.78 is 13.7. The molecule has 1 unspecified atom stereocenters. The maximum Gasteiger partial charge on any atom is 0.259 e. The predicted molar refractivity (Wildman–Crippen MR) is 78.4 cm³/mol. The highest BCUT2D eigenvalue weighted by molar-refractivity contribution is 5.94. The van der Waals surface area contributed by atoms with Crippen LogP contribution in [0.15, 0.2) is 42.6 Å². The van der Waals surface area contributed by atoms with Crippen LogP contribution in [0.25, 0.3) is 0 Å². The van der Waals surface area contributed by atoms with Gasteiger partial charge in [0.2, 0.25) is 5.95 Å². The smallest absolute Gasteiger partial charge is 0.259 e. The van der Waals surface area contributed by atoms with Crippen LogP contribution in [-0.2, 0) is 0 Å². The Morgan fingerprint density at radius 1 is 1.29 bits per heavy atom. The first-order chi connectivity index (χ1) is 10.2. The molecule has 3 nitrogen and oxygen atoms in total. The fourth-order valence-electron chi connectivity index (χ4n) is 2.99. The molecule has 0 saturated carbocycles. The number of amides is 1. The van der Waals surface area contributed by atoms with E-state index in [0.717, 1.165) is 24.0 Å². The minimum absolute atomic E-state index is 0.0262. The highest BCUT2D eigenvalue weighted by atomic mass is 19.1. The minimum atomic E-state index is -0.696. The van der Waals surface area contributed by atoms with E-state index in [1.807, 2.05) is 31.2 Å². The lowest BCUT2D eigenvalue weighted by molar-refractivity contribution is 0.0729. The van der Waals surface area contributed by atoms with Gasteiger partial charge in [-0.25, -0.2) is 4.98 Å². The van der Waals surface area contributed by atoms with Crippen LogP contribution in [0.5, 0.6) is 0 Å². The molecule has 4 heteroatoms. The molecule has 21 heavy (non-hydrogen) atoms. The summed E-state index contributed by atoms with van der Waals surface area (Å²) in [6, 6.07) is 11.2. The molecule has 1 saturated heterocycles. The summed E-state index contributed by atoms with van der Waals surface area (Å²) in [6.07, 6.45) is 3.21. The van der Waals surface area contributed by atoms with Crippen molar-refractivity contribution in [2.24, 2.45) is 0 Å². The van der Waals surface area contributed by atoms with Crippen molar-refractivity contribution in [2.45, 2.75) is 25.8 Å². The topological polar surface area (TPSA) is 33.2 Å². The van der Waals surface area contributed by atoms with Gasteiger partial charge in [0.15, 0.2) is 0 Å². The Balaban J connectivity index is 1.93. The molecule has 2 aromatic rings. The fraction of sp³-hybridized carbons (Fsp3) is 0.294. The third-order valence-electron chi connectivity index (χ3n) is 4.05. The summed E-state index contributed by atoms with van der Waals surface area (Å²) in [7, 11) is 0. The van der Waals surface area contributed by atoms with Crippen LogP contribution in [0.1, 0.15) is 40.4 Å². The molecule has 1 aromatic heterocycles. The molecule has 3 rings (SSSR count). The van der Waals surface area contributed by atoms with Crippen LogP contribution in [0.3, 0.4) is 0 Å². The molecule has 0 radical (unpaired) electrons. The second-order valence-electron chi connectivity index (χ2n) is 5.35. The van der Waals surface area contributed by atoms with Gasteiger partial charge in [-0.05, 0) is 43.0 Å². The van der Waals surface area contributed by atoms with Gasteiger partial charge in [-0.2, -0.15) is 4.39 Å². The number of aromatic nitrogens is 1. The van der Waals surface area contributed by atoms with Gasteiger partial charge in [-0.15, -0.1) is 0 Å². The second kappa shape index (κ2) is 5.64. The predicted octanol–water partition coefficient (Wildman–Crippen LogP) is 3.51. The molecule has 1 aliphatic heterocycles. The van der Waals surface area contributed by atoms with Crippen LogP contribution >= 0.6 is 0 Å². The number of aryl methyl sites for hydroxylation is 1. The molecule has 108 valence electrons. The van der Waals surface area contributed by atoms with E-state index < -0.39 is 5.95 Å². The number of benzene rings is 1. The third-order valence-corrected chi connectivity index (χ3v) is 4.05. The first-order valence-corrected chi connectivity index (χ1v) is 7.15. The van der Waals surface area contributed by atoms with Gasteiger partial charge in [-0.3, -0.25) is 4.79 Å². The second-order valence-corrected chi connectivity index (χ2v) is 5.35. The minimum Gasteiger partial charge on any atom is -0.331 e. The van der Waals surface area contributed by atoms with E-state index in [1.165, 1.54) is 12.3 Å². The van der Waals surface area contributed by atoms with E-state index in [-0.39, 0.29) is 17.5 Å². The Morgan fingerprint density at radius 3 is 2.86 bits per heavy atom. The van der Waals surface area contributed by atoms with E-state index in [9.17, 15) is 9.18 Å². The van der Waals surface area contributed by atoms with Gasteiger partial charge in [0.05, 0.1) is 11.6 Å². The number of likely N-dealkylation sites (tertiary alicyclic amines) is 1. The van der Waals surface area contributed by atoms with Crippen molar-refractivity contribution in [1.29, 1.82) is 0 Å². The number of nitrogens with zero attached hydrogens (tertiary/aromatic N) is 2. The molecule has 1 amide bonds. The molecule has 1 aliphatic rings. The molecular formula is C17H17FN2O. The van der Waals surface area contributed by atoms with Crippen LogP contribution in [0.4, 0.5) is 4.39 Å². The van der Waals surface area contributed by atoms with E-state index >= 15 is 0 Å². The number of hydrogen-bond donors (Lipinski definition) is 0. The van der Waals surface area contributed by atoms with Crippen molar-refractivity contribution in [3.8, 4) is 0 Å². The first-order valence-electron chi connectivity index (χ1n) is 7.15. The lowest BCUT2D eigenvalue weighted by Crippen LogP contribution is -2.31. The molecule has 0 bridgehead atoms. The third kappa shape index (κ3) is 2.53. The molecule has 1 aromatic carbocycles. The van der Waals surface area contributed by atoms with Crippen molar-refractivity contribution >= 4 is 5.91 Å². The summed E-state index contributed by atoms with van der Waals surface area (Å²) >= 11 is 0. The molecule has 0 spiro atoms. The number of carbonyl (C=O) groups excluding carboxylic acids is 1. The number of halogens is 1. The van der Waals surface area contributed by atoms with Gasteiger partial charge < -0.3 is 4.90 Å². The Bertz CT molecular complexity index is 671. The molecule has 0 aliphatic carbocycles. The van der Waals surface area contributed by atoms with Gasteiger partial charge in [0.25, 0.3) is 5.91 Å². The molecule has 2 heterocycles. The highest BCUT2D eigenvalue weighted by Crippen LogP contribution is 2.34. The van der Waals surface area contributed by atoms with Crippen molar-refractivity contribution in [2.75, 3.05) is 6.54 Å². The zero-order valence-corrected chi connectivity index (χ0v) is 11.9. The SMILES string of the molecule is Cc1ccccc1C1CCCN1C(=O)c1cccnc1F. The highest BCUT2D eigenvalue weighted by Gasteiger charge is 2.32. The van der Waals surface area contributed by atoms with Crippen LogP contribution in [-0.4, -0.2) is 22.3 Å². The summed E-state index contributed by atoms with van der Waals surface area (Å²) in [5.41, 5.74) is 2.36. The molecule has 1 fully saturated rings. The number of rotatable bonds is 2. The number of carbonyl (C=O) groups is 1. The average Bonchev–Trinajstić information content (AvgIpc) is 2.97. The van der Waals surface area contributed by atoms with Crippen molar-refractivity contribution in [1.82, 2.24) is 9.88 Å². The summed E-state index contributed by atoms with van der Waals surface area (Å²) in [5.74, 6) is -0.968. The van der Waals surface area contributed by atoms with Crippen molar-refractivity contribution < 1.29 is 9.18 Å². The molecular weight excluding hydrogens is 267 g/mol. The molecule has 1 atom stereocenters. The maximum atomic E-state index is 13.7. The first kappa shape index (κ1) is 13.7. The largest absolute Gasteiger partial charge is 0.331 e. The van der Waals surface area contributed by atoms with Gasteiger partial charge in [0, 0.05) is 12.7 Å². The lowest BCUT2D eigenvalue weighted by Gasteiger charge is -2.26. The normalized spacial score (nSPS) is 18.0. The Labute approximate surface area is 123 Å². The van der Waals surface area contributed by atoms with E-state index in [1.54, 1.807) is 11.0 Å². The zero-order chi connectivity index (χ0) is 14.8. The van der Waals surface area contributed by atoms with Gasteiger partial charge in [-0.1, -0.05) is 24.3 Å². The fourth-order valence-corrected chi connectivity index (χ4v) is 2.99. The van der Waals surface area contributed by atoms with E-state index in [0.29, 0.717) is 6.54 Å². The summed E-state index contributed by atoms with van der Waals surface area (Å²) in [6.45, 7) is 2.70. The van der Waals surface area contributed by atoms with Gasteiger partial charge >= 0.3 is 0 Å². The quantitative estimate of drug-likeness (QED) is 0.791. The Hall–Kier alpha value is -2.23. The molecule has 0 N–H and O–H groups in total. The average molecular weight is 284 g/mol. The summed E-state index contributed by atoms with van der Waals surface area (Å²) in [5, 5.41) is 0. The lowest BCUT2D eigenvalue weighted by atomic mass is 9.99. The van der Waals surface area contributed by atoms with Crippen LogP contribution < -0.4 is 0 Å².